The van der Waals surface area contributed by atoms with E-state index in [4.69, 9.17) is 34.7 Å². The Kier molecular flexibility index (Phi) is 13.6. The molecule has 3 heterocycles. The number of nitrogens with one attached hydrogen (secondary N) is 4. The Morgan fingerprint density at radius 3 is 2.46 bits per heavy atom. The van der Waals surface area contributed by atoms with Gasteiger partial charge in [0.1, 0.15) is 12.1 Å². The van der Waals surface area contributed by atoms with Crippen molar-refractivity contribution in [2.24, 2.45) is 11.5 Å². The molecule has 1 aliphatic rings. The van der Waals surface area contributed by atoms with Gasteiger partial charge in [0.05, 0.1) is 16.8 Å². The Hall–Kier alpha value is -3.65. The van der Waals surface area contributed by atoms with Crippen LogP contribution < -0.4 is 27.4 Å². The molecule has 11 nitrogen and oxygen atoms in total. The highest BCUT2D eigenvalue weighted by Crippen LogP contribution is 2.40. The summed E-state index contributed by atoms with van der Waals surface area (Å²) in [7, 11) is 1.61. The molecule has 266 valence electrons. The topological polar surface area (TPSA) is 171 Å². The van der Waals surface area contributed by atoms with Crippen LogP contribution in [0.15, 0.2) is 70.7 Å². The SMILES string of the molecule is CN1C(=O)[C@H](CCCCN)NC(=O)[C@H](CCCN)NCc2ncccc2Sc2c(Cl)ccc(Cl)c2CNC(=O)[C@@H]1Cc1c[nH]c2ccccc12. The van der Waals surface area contributed by atoms with Crippen LogP contribution in [0, 0.1) is 0 Å². The van der Waals surface area contributed by atoms with Crippen molar-refractivity contribution >= 4 is 63.6 Å². The fourth-order valence-corrected chi connectivity index (χ4v) is 7.76. The number of amides is 3. The lowest BCUT2D eigenvalue weighted by molar-refractivity contribution is -0.142. The predicted molar refractivity (Wildman–Crippen MR) is 199 cm³/mol. The number of aromatic nitrogens is 2. The monoisotopic (exact) mass is 738 g/mol. The van der Waals surface area contributed by atoms with Gasteiger partial charge in [-0.25, -0.2) is 0 Å². The Labute approximate surface area is 306 Å². The number of halogens is 2. The second-order valence-electron chi connectivity index (χ2n) is 12.3. The summed E-state index contributed by atoms with van der Waals surface area (Å²) < 4.78 is 0. The van der Waals surface area contributed by atoms with Gasteiger partial charge in [-0.15, -0.1) is 0 Å². The van der Waals surface area contributed by atoms with E-state index in [1.54, 1.807) is 25.4 Å². The van der Waals surface area contributed by atoms with Crippen molar-refractivity contribution in [2.75, 3.05) is 20.1 Å². The first-order valence-corrected chi connectivity index (χ1v) is 18.4. The maximum Gasteiger partial charge on any atom is 0.245 e. The summed E-state index contributed by atoms with van der Waals surface area (Å²) in [6, 6.07) is 12.5. The minimum atomic E-state index is -0.920. The third-order valence-electron chi connectivity index (χ3n) is 8.95. The number of carbonyl (C=O) groups excluding carboxylic acids is 3. The molecule has 0 unspecified atom stereocenters. The highest BCUT2D eigenvalue weighted by Gasteiger charge is 2.34. The summed E-state index contributed by atoms with van der Waals surface area (Å²) in [5, 5.41) is 11.3. The number of unbranched alkanes of at least 4 members (excludes halogenated alkanes) is 1. The molecular weight excluding hydrogens is 695 g/mol. The second kappa shape index (κ2) is 18.0. The molecular formula is C36H44Cl2N8O3S. The van der Waals surface area contributed by atoms with Gasteiger partial charge in [0.15, 0.2) is 0 Å². The quantitative estimate of drug-likeness (QED) is 0.136. The minimum absolute atomic E-state index is 0.0681. The molecule has 3 atom stereocenters. The van der Waals surface area contributed by atoms with Gasteiger partial charge in [0.25, 0.3) is 0 Å². The van der Waals surface area contributed by atoms with Gasteiger partial charge in [0, 0.05) is 70.2 Å². The Balaban J connectivity index is 1.58. The van der Waals surface area contributed by atoms with Gasteiger partial charge in [0.2, 0.25) is 17.7 Å². The largest absolute Gasteiger partial charge is 0.361 e. The first-order chi connectivity index (χ1) is 24.2. The molecule has 0 radical (unpaired) electrons. The molecule has 50 heavy (non-hydrogen) atoms. The number of rotatable bonds is 9. The average Bonchev–Trinajstić information content (AvgIpc) is 3.53. The highest BCUT2D eigenvalue weighted by atomic mass is 35.5. The van der Waals surface area contributed by atoms with Gasteiger partial charge >= 0.3 is 0 Å². The lowest BCUT2D eigenvalue weighted by Crippen LogP contribution is -2.57. The zero-order valence-electron chi connectivity index (χ0n) is 28.0. The van der Waals surface area contributed by atoms with E-state index < -0.39 is 18.1 Å². The maximum atomic E-state index is 14.4. The van der Waals surface area contributed by atoms with E-state index in [9.17, 15) is 14.4 Å². The van der Waals surface area contributed by atoms with E-state index in [1.807, 2.05) is 42.6 Å². The second-order valence-corrected chi connectivity index (χ2v) is 14.2. The Morgan fingerprint density at radius 1 is 0.900 bits per heavy atom. The van der Waals surface area contributed by atoms with Crippen molar-refractivity contribution in [2.45, 2.75) is 79.5 Å². The molecule has 8 N–H and O–H groups in total. The van der Waals surface area contributed by atoms with E-state index in [2.05, 4.69) is 25.9 Å². The molecule has 0 aliphatic carbocycles. The number of aromatic amines is 1. The summed E-state index contributed by atoms with van der Waals surface area (Å²) in [4.78, 5) is 53.3. The lowest BCUT2D eigenvalue weighted by atomic mass is 10.0. The molecule has 0 saturated heterocycles. The van der Waals surface area contributed by atoms with Crippen molar-refractivity contribution < 1.29 is 14.4 Å². The Bertz CT molecular complexity index is 1800. The zero-order valence-corrected chi connectivity index (χ0v) is 30.3. The van der Waals surface area contributed by atoms with Crippen molar-refractivity contribution in [1.29, 1.82) is 0 Å². The van der Waals surface area contributed by atoms with E-state index in [0.717, 1.165) is 21.4 Å². The van der Waals surface area contributed by atoms with Crippen molar-refractivity contribution in [3.05, 3.63) is 87.8 Å². The van der Waals surface area contributed by atoms with E-state index in [0.29, 0.717) is 71.4 Å². The third kappa shape index (κ3) is 9.17. The van der Waals surface area contributed by atoms with Crippen LogP contribution in [0.1, 0.15) is 48.9 Å². The van der Waals surface area contributed by atoms with Crippen LogP contribution in [0.3, 0.4) is 0 Å². The number of fused-ring (bicyclic) bond motifs is 3. The molecule has 14 heteroatoms. The van der Waals surface area contributed by atoms with Crippen LogP contribution in [-0.2, 0) is 33.9 Å². The van der Waals surface area contributed by atoms with Crippen LogP contribution >= 0.6 is 35.0 Å². The van der Waals surface area contributed by atoms with Crippen LogP contribution in [0.25, 0.3) is 10.9 Å². The van der Waals surface area contributed by atoms with E-state index in [-0.39, 0.29) is 37.2 Å². The van der Waals surface area contributed by atoms with Crippen LogP contribution in [0.5, 0.6) is 0 Å². The number of nitrogens with two attached hydrogens (primary N) is 2. The summed E-state index contributed by atoms with van der Waals surface area (Å²) in [6.07, 6.45) is 6.48. The number of para-hydroxylation sites is 1. The van der Waals surface area contributed by atoms with Crippen LogP contribution in [0.2, 0.25) is 10.0 Å². The number of H-pyrrole nitrogens is 1. The summed E-state index contributed by atoms with van der Waals surface area (Å²) in [5.41, 5.74) is 14.8. The Morgan fingerprint density at radius 2 is 1.66 bits per heavy atom. The molecule has 0 fully saturated rings. The number of hydrogen-bond donors (Lipinski definition) is 6. The molecule has 2 aromatic carbocycles. The smallest absolute Gasteiger partial charge is 0.245 e. The van der Waals surface area contributed by atoms with Crippen molar-refractivity contribution in [3.63, 3.8) is 0 Å². The fraction of sp³-hybridized carbons (Fsp3) is 0.389. The van der Waals surface area contributed by atoms with Crippen molar-refractivity contribution in [1.82, 2.24) is 30.8 Å². The van der Waals surface area contributed by atoms with Gasteiger partial charge in [-0.2, -0.15) is 0 Å². The number of hydrogen-bond acceptors (Lipinski definition) is 8. The van der Waals surface area contributed by atoms with Gasteiger partial charge < -0.3 is 37.3 Å². The normalized spacial score (nSPS) is 19.4. The summed E-state index contributed by atoms with van der Waals surface area (Å²) >= 11 is 14.9. The molecule has 0 spiro atoms. The number of carbonyl (C=O) groups is 3. The highest BCUT2D eigenvalue weighted by molar-refractivity contribution is 7.99. The molecule has 3 amide bonds. The third-order valence-corrected chi connectivity index (χ3v) is 11.0. The number of likely N-dealkylation sites (N-methyl/N-ethyl adjacent to an activating group) is 1. The first kappa shape index (κ1) is 37.6. The molecule has 1 aliphatic heterocycles. The maximum absolute atomic E-state index is 14.4. The molecule has 0 bridgehead atoms. The summed E-state index contributed by atoms with van der Waals surface area (Å²) in [6.45, 7) is 1.20. The number of benzene rings is 2. The molecule has 0 saturated carbocycles. The average molecular weight is 740 g/mol. The molecule has 4 aromatic rings. The fourth-order valence-electron chi connectivity index (χ4n) is 6.11. The van der Waals surface area contributed by atoms with Crippen molar-refractivity contribution in [3.8, 4) is 0 Å². The molecule has 2 aromatic heterocycles. The van der Waals surface area contributed by atoms with E-state index in [1.165, 1.54) is 16.7 Å². The van der Waals surface area contributed by atoms with Gasteiger partial charge in [-0.1, -0.05) is 53.2 Å². The van der Waals surface area contributed by atoms with Crippen LogP contribution in [0.4, 0.5) is 0 Å². The lowest BCUT2D eigenvalue weighted by Gasteiger charge is -2.32. The summed E-state index contributed by atoms with van der Waals surface area (Å²) in [5.74, 6) is -1.08. The van der Waals surface area contributed by atoms with Gasteiger partial charge in [-0.05, 0) is 81.1 Å². The predicted octanol–water partition coefficient (Wildman–Crippen LogP) is 4.53. The number of pyridine rings is 1. The number of nitrogens with zero attached hydrogens (tertiary/aromatic N) is 2. The minimum Gasteiger partial charge on any atom is -0.361 e. The zero-order chi connectivity index (χ0) is 35.6. The van der Waals surface area contributed by atoms with E-state index >= 15 is 0 Å². The standard InChI is InChI=1S/C36H44Cl2N8O3S/c1-46-31(18-22-19-42-27-9-3-2-8-23(22)27)35(48)44-20-24-25(37)13-14-26(38)33(24)50-32-12-7-17-41-30(32)21-43-28(11-6-16-40)34(47)45-29(36(46)49)10-4-5-15-39/h2-3,7-9,12-14,17,19,28-29,31,42-43H,4-6,10-11,15-16,18,20-21,39-40H2,1H3,(H,44,48)(H,45,47)/t28-,29-,31-/m0/s1. The van der Waals surface area contributed by atoms with Gasteiger partial charge in [-0.3, -0.25) is 19.4 Å². The first-order valence-electron chi connectivity index (χ1n) is 16.8. The molecule has 5 rings (SSSR count). The van der Waals surface area contributed by atoms with Crippen LogP contribution in [-0.4, -0.2) is 70.9 Å².